The minimum atomic E-state index is -0.480. The lowest BCUT2D eigenvalue weighted by molar-refractivity contribution is -0.383. The van der Waals surface area contributed by atoms with Gasteiger partial charge in [0.1, 0.15) is 0 Å². The Kier molecular flexibility index (Phi) is 3.42. The van der Waals surface area contributed by atoms with Crippen molar-refractivity contribution in [3.63, 3.8) is 0 Å². The number of rotatable bonds is 5. The van der Waals surface area contributed by atoms with E-state index in [4.69, 9.17) is 9.15 Å². The standard InChI is InChI=1S/C11H13N3O4/c1-7(17-2)6-12-11-13-10-8(14(15)16)4-3-5-9(10)18-11/h3-5,7H,6H2,1-2H3,(H,12,13). The van der Waals surface area contributed by atoms with Crippen molar-refractivity contribution in [2.45, 2.75) is 13.0 Å². The third kappa shape index (κ3) is 2.40. The van der Waals surface area contributed by atoms with Gasteiger partial charge in [-0.3, -0.25) is 10.1 Å². The van der Waals surface area contributed by atoms with Crippen LogP contribution in [-0.4, -0.2) is 29.7 Å². The largest absolute Gasteiger partial charge is 0.423 e. The molecule has 2 aromatic rings. The molecule has 0 saturated heterocycles. The quantitative estimate of drug-likeness (QED) is 0.647. The molecule has 0 amide bonds. The fourth-order valence-corrected chi connectivity index (χ4v) is 1.47. The highest BCUT2D eigenvalue weighted by Gasteiger charge is 2.17. The summed E-state index contributed by atoms with van der Waals surface area (Å²) in [5.41, 5.74) is 0.566. The molecule has 0 bridgehead atoms. The molecule has 0 aliphatic rings. The molecule has 1 atom stereocenters. The number of non-ortho nitro benzene ring substituents is 1. The maximum absolute atomic E-state index is 10.8. The summed E-state index contributed by atoms with van der Waals surface area (Å²) in [4.78, 5) is 14.4. The van der Waals surface area contributed by atoms with E-state index in [0.29, 0.717) is 12.1 Å². The van der Waals surface area contributed by atoms with Crippen molar-refractivity contribution in [3.05, 3.63) is 28.3 Å². The second-order valence-electron chi connectivity index (χ2n) is 3.83. The molecule has 1 aromatic heterocycles. The number of para-hydroxylation sites is 1. The lowest BCUT2D eigenvalue weighted by atomic mass is 10.3. The average Bonchev–Trinajstić information content (AvgIpc) is 2.77. The van der Waals surface area contributed by atoms with Crippen LogP contribution in [0.2, 0.25) is 0 Å². The molecule has 0 aliphatic heterocycles. The first-order valence-corrected chi connectivity index (χ1v) is 5.42. The molecule has 1 N–H and O–H groups in total. The van der Waals surface area contributed by atoms with Gasteiger partial charge in [-0.2, -0.15) is 4.98 Å². The van der Waals surface area contributed by atoms with Crippen LogP contribution in [0.1, 0.15) is 6.92 Å². The first kappa shape index (κ1) is 12.3. The van der Waals surface area contributed by atoms with Gasteiger partial charge in [-0.25, -0.2) is 0 Å². The Bertz CT molecular complexity index is 566. The molecule has 1 aromatic carbocycles. The van der Waals surface area contributed by atoms with E-state index in [1.54, 1.807) is 19.2 Å². The molecule has 7 nitrogen and oxygen atoms in total. The van der Waals surface area contributed by atoms with Crippen LogP contribution >= 0.6 is 0 Å². The van der Waals surface area contributed by atoms with Gasteiger partial charge in [0.25, 0.3) is 11.7 Å². The zero-order valence-corrected chi connectivity index (χ0v) is 10.0. The highest BCUT2D eigenvalue weighted by Crippen LogP contribution is 2.27. The van der Waals surface area contributed by atoms with Gasteiger partial charge >= 0.3 is 0 Å². The molecule has 0 aliphatic carbocycles. The van der Waals surface area contributed by atoms with E-state index in [-0.39, 0.29) is 23.3 Å². The van der Waals surface area contributed by atoms with Crippen LogP contribution in [0, 0.1) is 10.1 Å². The summed E-state index contributed by atoms with van der Waals surface area (Å²) in [6.45, 7) is 2.40. The minimum absolute atomic E-state index is 0.00463. The van der Waals surface area contributed by atoms with Gasteiger partial charge in [0.05, 0.1) is 11.0 Å². The number of nitrogens with zero attached hydrogens (tertiary/aromatic N) is 2. The fourth-order valence-electron chi connectivity index (χ4n) is 1.47. The molecule has 0 spiro atoms. The van der Waals surface area contributed by atoms with Crippen molar-refractivity contribution in [3.8, 4) is 0 Å². The Morgan fingerprint density at radius 3 is 3.06 bits per heavy atom. The third-order valence-corrected chi connectivity index (χ3v) is 2.54. The third-order valence-electron chi connectivity index (χ3n) is 2.54. The summed E-state index contributed by atoms with van der Waals surface area (Å²) in [6.07, 6.45) is -0.00463. The number of nitro groups is 1. The molecule has 1 heterocycles. The van der Waals surface area contributed by atoms with Crippen LogP contribution in [-0.2, 0) is 4.74 Å². The number of aromatic nitrogens is 1. The summed E-state index contributed by atoms with van der Waals surface area (Å²) in [7, 11) is 1.60. The van der Waals surface area contributed by atoms with Gasteiger partial charge in [-0.1, -0.05) is 6.07 Å². The number of nitrogens with one attached hydrogen (secondary N) is 1. The number of ether oxygens (including phenoxy) is 1. The molecule has 1 unspecified atom stereocenters. The molecular weight excluding hydrogens is 238 g/mol. The lowest BCUT2D eigenvalue weighted by Gasteiger charge is -2.08. The number of fused-ring (bicyclic) bond motifs is 1. The minimum Gasteiger partial charge on any atom is -0.423 e. The van der Waals surface area contributed by atoms with Crippen LogP contribution in [0.3, 0.4) is 0 Å². The Balaban J connectivity index is 2.27. The molecule has 18 heavy (non-hydrogen) atoms. The summed E-state index contributed by atoms with van der Waals surface area (Å²) in [5, 5.41) is 13.7. The monoisotopic (exact) mass is 251 g/mol. The second kappa shape index (κ2) is 5.01. The van der Waals surface area contributed by atoms with Crippen LogP contribution in [0.15, 0.2) is 22.6 Å². The van der Waals surface area contributed by atoms with E-state index < -0.39 is 4.92 Å². The predicted octanol–water partition coefficient (Wildman–Crippen LogP) is 2.18. The number of benzene rings is 1. The molecular formula is C11H13N3O4. The van der Waals surface area contributed by atoms with Gasteiger partial charge in [-0.15, -0.1) is 0 Å². The van der Waals surface area contributed by atoms with Crippen molar-refractivity contribution < 1.29 is 14.1 Å². The number of anilines is 1. The van der Waals surface area contributed by atoms with Crippen molar-refractivity contribution >= 4 is 22.8 Å². The van der Waals surface area contributed by atoms with E-state index >= 15 is 0 Å². The zero-order chi connectivity index (χ0) is 13.1. The molecule has 7 heteroatoms. The molecule has 0 fully saturated rings. The summed E-state index contributed by atoms with van der Waals surface area (Å²) < 4.78 is 10.4. The van der Waals surface area contributed by atoms with E-state index in [2.05, 4.69) is 10.3 Å². The van der Waals surface area contributed by atoms with Crippen molar-refractivity contribution in [2.24, 2.45) is 0 Å². The summed E-state index contributed by atoms with van der Waals surface area (Å²) in [5.74, 6) is 0. The smallest absolute Gasteiger partial charge is 0.298 e. The van der Waals surface area contributed by atoms with Gasteiger partial charge in [0.2, 0.25) is 0 Å². The Hall–Kier alpha value is -2.15. The highest BCUT2D eigenvalue weighted by atomic mass is 16.6. The number of oxazole rings is 1. The SMILES string of the molecule is COC(C)CNc1nc2c([N+](=O)[O-])cccc2o1. The van der Waals surface area contributed by atoms with E-state index in [1.165, 1.54) is 6.07 Å². The number of methoxy groups -OCH3 is 1. The molecule has 96 valence electrons. The zero-order valence-electron chi connectivity index (χ0n) is 10.0. The second-order valence-corrected chi connectivity index (χ2v) is 3.83. The van der Waals surface area contributed by atoms with Crippen LogP contribution in [0.4, 0.5) is 11.7 Å². The number of hydrogen-bond donors (Lipinski definition) is 1. The normalized spacial score (nSPS) is 12.6. The first-order valence-electron chi connectivity index (χ1n) is 5.42. The van der Waals surface area contributed by atoms with Gasteiger partial charge in [0.15, 0.2) is 11.1 Å². The predicted molar refractivity (Wildman–Crippen MR) is 65.6 cm³/mol. The Morgan fingerprint density at radius 2 is 2.39 bits per heavy atom. The Labute approximate surface area is 103 Å². The Morgan fingerprint density at radius 1 is 1.61 bits per heavy atom. The maximum atomic E-state index is 10.8. The molecule has 2 rings (SSSR count). The van der Waals surface area contributed by atoms with Gasteiger partial charge in [-0.05, 0) is 13.0 Å². The first-order chi connectivity index (χ1) is 8.61. The van der Waals surface area contributed by atoms with Crippen molar-refractivity contribution in [1.29, 1.82) is 0 Å². The van der Waals surface area contributed by atoms with Crippen molar-refractivity contribution in [1.82, 2.24) is 4.98 Å². The van der Waals surface area contributed by atoms with Crippen LogP contribution in [0.25, 0.3) is 11.1 Å². The highest BCUT2D eigenvalue weighted by molar-refractivity contribution is 5.83. The number of hydrogen-bond acceptors (Lipinski definition) is 6. The average molecular weight is 251 g/mol. The van der Waals surface area contributed by atoms with E-state index in [0.717, 1.165) is 0 Å². The van der Waals surface area contributed by atoms with Gasteiger partial charge < -0.3 is 14.5 Å². The fraction of sp³-hybridized carbons (Fsp3) is 0.364. The molecule has 0 saturated carbocycles. The van der Waals surface area contributed by atoms with Crippen LogP contribution < -0.4 is 5.32 Å². The summed E-state index contributed by atoms with van der Waals surface area (Å²) in [6, 6.07) is 4.85. The summed E-state index contributed by atoms with van der Waals surface area (Å²) >= 11 is 0. The van der Waals surface area contributed by atoms with E-state index in [9.17, 15) is 10.1 Å². The number of nitro benzene ring substituents is 1. The van der Waals surface area contributed by atoms with Gasteiger partial charge in [0, 0.05) is 19.7 Å². The molecule has 0 radical (unpaired) electrons. The maximum Gasteiger partial charge on any atom is 0.298 e. The topological polar surface area (TPSA) is 90.4 Å². The lowest BCUT2D eigenvalue weighted by Crippen LogP contribution is -2.18. The van der Waals surface area contributed by atoms with Crippen LogP contribution in [0.5, 0.6) is 0 Å². The van der Waals surface area contributed by atoms with Crippen molar-refractivity contribution in [2.75, 3.05) is 19.0 Å². The van der Waals surface area contributed by atoms with E-state index in [1.807, 2.05) is 6.92 Å².